The van der Waals surface area contributed by atoms with Gasteiger partial charge in [0.15, 0.2) is 0 Å². The average Bonchev–Trinajstić information content (AvgIpc) is 2.25. The standard InChI is InChI=1S/C10H6F3NO2/c1-16-9(15)7-4-6(5-14)2-3-8(7)10(11,12)13/h2-4H,1H3. The Morgan fingerprint density at radius 1 is 1.44 bits per heavy atom. The van der Waals surface area contributed by atoms with Crippen LogP contribution in [0.1, 0.15) is 21.5 Å². The van der Waals surface area contributed by atoms with Crippen LogP contribution in [0.3, 0.4) is 0 Å². The Morgan fingerprint density at radius 3 is 2.50 bits per heavy atom. The molecule has 0 amide bonds. The maximum Gasteiger partial charge on any atom is 0.417 e. The van der Waals surface area contributed by atoms with Gasteiger partial charge in [0.2, 0.25) is 0 Å². The van der Waals surface area contributed by atoms with Crippen LogP contribution in [0.2, 0.25) is 0 Å². The van der Waals surface area contributed by atoms with Crippen LogP contribution in [0, 0.1) is 11.3 Å². The van der Waals surface area contributed by atoms with Gasteiger partial charge in [-0.25, -0.2) is 4.79 Å². The molecule has 1 aromatic rings. The van der Waals surface area contributed by atoms with E-state index in [0.717, 1.165) is 19.2 Å². The zero-order chi connectivity index (χ0) is 12.3. The van der Waals surface area contributed by atoms with E-state index in [0.29, 0.717) is 6.07 Å². The summed E-state index contributed by atoms with van der Waals surface area (Å²) in [4.78, 5) is 11.1. The van der Waals surface area contributed by atoms with Gasteiger partial charge < -0.3 is 4.74 Å². The minimum absolute atomic E-state index is 0.0339. The van der Waals surface area contributed by atoms with Crippen molar-refractivity contribution in [3.63, 3.8) is 0 Å². The fourth-order valence-electron chi connectivity index (χ4n) is 1.14. The number of halogens is 3. The van der Waals surface area contributed by atoms with Gasteiger partial charge in [-0.2, -0.15) is 18.4 Å². The van der Waals surface area contributed by atoms with Crippen LogP contribution in [0.5, 0.6) is 0 Å². The monoisotopic (exact) mass is 229 g/mol. The molecule has 0 saturated heterocycles. The molecule has 3 nitrogen and oxygen atoms in total. The molecule has 1 aromatic carbocycles. The van der Waals surface area contributed by atoms with E-state index in [2.05, 4.69) is 4.74 Å². The van der Waals surface area contributed by atoms with Gasteiger partial charge in [-0.05, 0) is 18.2 Å². The molecule has 0 unspecified atom stereocenters. The van der Waals surface area contributed by atoms with Crippen molar-refractivity contribution in [1.29, 1.82) is 5.26 Å². The van der Waals surface area contributed by atoms with E-state index in [4.69, 9.17) is 5.26 Å². The van der Waals surface area contributed by atoms with Crippen LogP contribution < -0.4 is 0 Å². The molecule has 16 heavy (non-hydrogen) atoms. The predicted octanol–water partition coefficient (Wildman–Crippen LogP) is 2.36. The summed E-state index contributed by atoms with van der Waals surface area (Å²) in [7, 11) is 0.974. The van der Waals surface area contributed by atoms with E-state index in [1.54, 1.807) is 6.07 Å². The second-order valence-electron chi connectivity index (χ2n) is 2.86. The van der Waals surface area contributed by atoms with Crippen molar-refractivity contribution < 1.29 is 22.7 Å². The lowest BCUT2D eigenvalue weighted by Crippen LogP contribution is -2.14. The summed E-state index contributed by atoms with van der Waals surface area (Å²) in [5.74, 6) is -1.12. The normalized spacial score (nSPS) is 10.7. The van der Waals surface area contributed by atoms with Crippen LogP contribution in [-0.2, 0) is 10.9 Å². The zero-order valence-electron chi connectivity index (χ0n) is 8.13. The van der Waals surface area contributed by atoms with Crippen molar-refractivity contribution in [3.8, 4) is 6.07 Å². The Bertz CT molecular complexity index is 460. The first-order valence-electron chi connectivity index (χ1n) is 4.10. The van der Waals surface area contributed by atoms with Crippen molar-refractivity contribution >= 4 is 5.97 Å². The fourth-order valence-corrected chi connectivity index (χ4v) is 1.14. The van der Waals surface area contributed by atoms with Crippen molar-refractivity contribution in [2.45, 2.75) is 6.18 Å². The molecule has 1 rings (SSSR count). The molecule has 0 spiro atoms. The largest absolute Gasteiger partial charge is 0.465 e. The lowest BCUT2D eigenvalue weighted by molar-refractivity contribution is -0.138. The predicted molar refractivity (Wildman–Crippen MR) is 47.5 cm³/mol. The SMILES string of the molecule is COC(=O)c1cc(C#N)ccc1C(F)(F)F. The molecule has 0 fully saturated rings. The van der Waals surface area contributed by atoms with Gasteiger partial charge in [0.25, 0.3) is 0 Å². The molecule has 0 aliphatic rings. The Hall–Kier alpha value is -2.03. The van der Waals surface area contributed by atoms with E-state index in [1.807, 2.05) is 0 Å². The minimum atomic E-state index is -4.66. The molecule has 84 valence electrons. The summed E-state index contributed by atoms with van der Waals surface area (Å²) < 4.78 is 41.7. The number of hydrogen-bond donors (Lipinski definition) is 0. The molecule has 0 aromatic heterocycles. The second kappa shape index (κ2) is 4.23. The number of ether oxygens (including phenoxy) is 1. The van der Waals surface area contributed by atoms with Gasteiger partial charge in [0.05, 0.1) is 29.9 Å². The van der Waals surface area contributed by atoms with Crippen molar-refractivity contribution in [3.05, 3.63) is 34.9 Å². The highest BCUT2D eigenvalue weighted by atomic mass is 19.4. The Balaban J connectivity index is 3.40. The highest BCUT2D eigenvalue weighted by molar-refractivity contribution is 5.91. The summed E-state index contributed by atoms with van der Waals surface area (Å²) in [5.41, 5.74) is -1.80. The molecule has 0 saturated carbocycles. The third kappa shape index (κ3) is 2.31. The fraction of sp³-hybridized carbons (Fsp3) is 0.200. The lowest BCUT2D eigenvalue weighted by atomic mass is 10.0. The van der Waals surface area contributed by atoms with Crippen molar-refractivity contribution in [2.75, 3.05) is 7.11 Å². The summed E-state index contributed by atoms with van der Waals surface area (Å²) in [6.07, 6.45) is -4.66. The number of nitriles is 1. The molecule has 0 heterocycles. The topological polar surface area (TPSA) is 50.1 Å². The molecule has 0 aliphatic heterocycles. The van der Waals surface area contributed by atoms with Crippen LogP contribution in [0.15, 0.2) is 18.2 Å². The maximum atomic E-state index is 12.5. The average molecular weight is 229 g/mol. The van der Waals surface area contributed by atoms with Crippen molar-refractivity contribution in [1.82, 2.24) is 0 Å². The zero-order valence-corrected chi connectivity index (χ0v) is 8.13. The number of esters is 1. The first-order valence-corrected chi connectivity index (χ1v) is 4.10. The molecule has 6 heteroatoms. The smallest absolute Gasteiger partial charge is 0.417 e. The Labute approximate surface area is 89.1 Å². The van der Waals surface area contributed by atoms with Gasteiger partial charge in [0, 0.05) is 0 Å². The number of nitrogens with zero attached hydrogens (tertiary/aromatic N) is 1. The van der Waals surface area contributed by atoms with E-state index < -0.39 is 23.3 Å². The number of carbonyl (C=O) groups excluding carboxylic acids is 1. The van der Waals surface area contributed by atoms with Crippen molar-refractivity contribution in [2.24, 2.45) is 0 Å². The Kier molecular flexibility index (Phi) is 3.18. The molecular formula is C10H6F3NO2. The molecule has 0 aliphatic carbocycles. The van der Waals surface area contributed by atoms with Crippen LogP contribution >= 0.6 is 0 Å². The third-order valence-electron chi connectivity index (χ3n) is 1.86. The summed E-state index contributed by atoms with van der Waals surface area (Å²) in [5, 5.41) is 8.53. The third-order valence-corrected chi connectivity index (χ3v) is 1.86. The van der Waals surface area contributed by atoms with Crippen LogP contribution in [0.25, 0.3) is 0 Å². The Morgan fingerprint density at radius 2 is 2.06 bits per heavy atom. The maximum absolute atomic E-state index is 12.5. The highest BCUT2D eigenvalue weighted by Crippen LogP contribution is 2.32. The van der Waals surface area contributed by atoms with E-state index in [-0.39, 0.29) is 5.56 Å². The van der Waals surface area contributed by atoms with E-state index >= 15 is 0 Å². The number of alkyl halides is 3. The van der Waals surface area contributed by atoms with E-state index in [9.17, 15) is 18.0 Å². The molecule has 0 radical (unpaired) electrons. The number of hydrogen-bond acceptors (Lipinski definition) is 3. The van der Waals surface area contributed by atoms with Gasteiger partial charge in [0.1, 0.15) is 0 Å². The minimum Gasteiger partial charge on any atom is -0.465 e. The van der Waals surface area contributed by atoms with Gasteiger partial charge >= 0.3 is 12.1 Å². The van der Waals surface area contributed by atoms with Gasteiger partial charge in [-0.1, -0.05) is 0 Å². The molecule has 0 bridgehead atoms. The number of rotatable bonds is 1. The first kappa shape index (κ1) is 12.0. The molecule has 0 atom stereocenters. The number of carbonyl (C=O) groups is 1. The van der Waals surface area contributed by atoms with E-state index in [1.165, 1.54) is 0 Å². The number of methoxy groups -OCH3 is 1. The molecular weight excluding hydrogens is 223 g/mol. The van der Waals surface area contributed by atoms with Crippen LogP contribution in [0.4, 0.5) is 13.2 Å². The van der Waals surface area contributed by atoms with Crippen LogP contribution in [-0.4, -0.2) is 13.1 Å². The lowest BCUT2D eigenvalue weighted by Gasteiger charge is -2.11. The quantitative estimate of drug-likeness (QED) is 0.694. The highest BCUT2D eigenvalue weighted by Gasteiger charge is 2.35. The second-order valence-corrected chi connectivity index (χ2v) is 2.86. The van der Waals surface area contributed by atoms with Gasteiger partial charge in [-0.15, -0.1) is 0 Å². The molecule has 0 N–H and O–H groups in total. The summed E-state index contributed by atoms with van der Waals surface area (Å²) >= 11 is 0. The summed E-state index contributed by atoms with van der Waals surface area (Å²) in [6.45, 7) is 0. The summed E-state index contributed by atoms with van der Waals surface area (Å²) in [6, 6.07) is 4.19. The van der Waals surface area contributed by atoms with Gasteiger partial charge in [-0.3, -0.25) is 0 Å². The first-order chi connectivity index (χ1) is 7.40. The number of benzene rings is 1.